The number of ketones is 1. The van der Waals surface area contributed by atoms with E-state index in [-0.39, 0.29) is 18.3 Å². The largest absolute Gasteiger partial charge is 0.468 e. The summed E-state index contributed by atoms with van der Waals surface area (Å²) in [4.78, 5) is 25.4. The highest BCUT2D eigenvalue weighted by molar-refractivity contribution is 6.05. The van der Waals surface area contributed by atoms with Gasteiger partial charge in [-0.1, -0.05) is 17.7 Å². The van der Waals surface area contributed by atoms with Crippen LogP contribution in [0, 0.1) is 26.2 Å². The highest BCUT2D eigenvalue weighted by atomic mass is 16.5. The monoisotopic (exact) mass is 318 g/mol. The SMILES string of the molecule is COC(=O)C1(C(=O)Cc2c(C)cc(C)cc2C)CCC(OC)C1. The van der Waals surface area contributed by atoms with Gasteiger partial charge >= 0.3 is 5.97 Å². The highest BCUT2D eigenvalue weighted by Crippen LogP contribution is 2.42. The molecule has 0 aromatic heterocycles. The van der Waals surface area contributed by atoms with E-state index in [9.17, 15) is 9.59 Å². The van der Waals surface area contributed by atoms with Crippen LogP contribution in [0.2, 0.25) is 0 Å². The van der Waals surface area contributed by atoms with Crippen LogP contribution in [0.3, 0.4) is 0 Å². The Hall–Kier alpha value is -1.68. The van der Waals surface area contributed by atoms with Crippen molar-refractivity contribution in [3.8, 4) is 0 Å². The molecule has 0 bridgehead atoms. The standard InChI is InChI=1S/C19H26O4/c1-12-8-13(2)16(14(3)9-12)10-17(20)19(18(21)23-5)7-6-15(11-19)22-4/h8-9,15H,6-7,10-11H2,1-5H3. The lowest BCUT2D eigenvalue weighted by atomic mass is 9.78. The fraction of sp³-hybridized carbons (Fsp3) is 0.579. The molecule has 4 nitrogen and oxygen atoms in total. The van der Waals surface area contributed by atoms with E-state index in [1.165, 1.54) is 12.7 Å². The molecular formula is C19H26O4. The molecule has 0 amide bonds. The Morgan fingerprint density at radius 2 is 1.78 bits per heavy atom. The van der Waals surface area contributed by atoms with Gasteiger partial charge in [-0.25, -0.2) is 0 Å². The van der Waals surface area contributed by atoms with Gasteiger partial charge in [-0.2, -0.15) is 0 Å². The van der Waals surface area contributed by atoms with Gasteiger partial charge in [0.1, 0.15) is 5.41 Å². The van der Waals surface area contributed by atoms with Crippen LogP contribution < -0.4 is 0 Å². The molecule has 0 saturated heterocycles. The number of carbonyl (C=O) groups excluding carboxylic acids is 2. The topological polar surface area (TPSA) is 52.6 Å². The van der Waals surface area contributed by atoms with Crippen molar-refractivity contribution < 1.29 is 19.1 Å². The molecule has 126 valence electrons. The second-order valence-electron chi connectivity index (χ2n) is 6.65. The Bertz CT molecular complexity index is 597. The fourth-order valence-corrected chi connectivity index (χ4v) is 3.77. The number of carbonyl (C=O) groups is 2. The molecule has 0 radical (unpaired) electrons. The van der Waals surface area contributed by atoms with Crippen molar-refractivity contribution >= 4 is 11.8 Å². The molecular weight excluding hydrogens is 292 g/mol. The molecule has 1 aromatic rings. The summed E-state index contributed by atoms with van der Waals surface area (Å²) in [5, 5.41) is 0. The van der Waals surface area contributed by atoms with Crippen LogP contribution in [0.4, 0.5) is 0 Å². The Kier molecular flexibility index (Phi) is 5.25. The van der Waals surface area contributed by atoms with Crippen LogP contribution >= 0.6 is 0 Å². The minimum absolute atomic E-state index is 0.0565. The Balaban J connectivity index is 2.32. The van der Waals surface area contributed by atoms with Crippen LogP contribution in [0.1, 0.15) is 41.5 Å². The number of aryl methyl sites for hydroxylation is 3. The van der Waals surface area contributed by atoms with E-state index < -0.39 is 11.4 Å². The third-order valence-electron chi connectivity index (χ3n) is 5.09. The van der Waals surface area contributed by atoms with Gasteiger partial charge in [0.25, 0.3) is 0 Å². The average Bonchev–Trinajstić information content (AvgIpc) is 2.95. The number of Topliss-reactive ketones (excluding diaryl/α,β-unsaturated/α-hetero) is 1. The second kappa shape index (κ2) is 6.83. The minimum Gasteiger partial charge on any atom is -0.468 e. The van der Waals surface area contributed by atoms with Crippen molar-refractivity contribution in [3.05, 3.63) is 34.4 Å². The van der Waals surface area contributed by atoms with Gasteiger partial charge in [0.15, 0.2) is 5.78 Å². The van der Waals surface area contributed by atoms with Crippen molar-refractivity contribution in [2.24, 2.45) is 5.41 Å². The van der Waals surface area contributed by atoms with Crippen molar-refractivity contribution in [1.29, 1.82) is 0 Å². The van der Waals surface area contributed by atoms with E-state index in [1.54, 1.807) is 7.11 Å². The Labute approximate surface area is 138 Å². The quantitative estimate of drug-likeness (QED) is 0.618. The van der Waals surface area contributed by atoms with E-state index in [0.29, 0.717) is 19.3 Å². The smallest absolute Gasteiger partial charge is 0.319 e. The van der Waals surface area contributed by atoms with Crippen LogP contribution in [0.15, 0.2) is 12.1 Å². The summed E-state index contributed by atoms with van der Waals surface area (Å²) < 4.78 is 10.3. The summed E-state index contributed by atoms with van der Waals surface area (Å²) in [5.41, 5.74) is 3.33. The molecule has 0 aliphatic heterocycles. The number of hydrogen-bond acceptors (Lipinski definition) is 4. The van der Waals surface area contributed by atoms with E-state index in [4.69, 9.17) is 9.47 Å². The van der Waals surface area contributed by atoms with Gasteiger partial charge in [-0.3, -0.25) is 9.59 Å². The van der Waals surface area contributed by atoms with Crippen molar-refractivity contribution in [3.63, 3.8) is 0 Å². The zero-order valence-electron chi connectivity index (χ0n) is 14.7. The lowest BCUT2D eigenvalue weighted by molar-refractivity contribution is -0.158. The summed E-state index contributed by atoms with van der Waals surface area (Å²) in [5.74, 6) is -0.483. The first-order valence-corrected chi connectivity index (χ1v) is 8.05. The van der Waals surface area contributed by atoms with Gasteiger partial charge in [-0.15, -0.1) is 0 Å². The zero-order valence-corrected chi connectivity index (χ0v) is 14.7. The maximum absolute atomic E-state index is 13.0. The first-order valence-electron chi connectivity index (χ1n) is 8.05. The molecule has 1 aliphatic rings. The summed E-state index contributed by atoms with van der Waals surface area (Å²) in [7, 11) is 2.97. The van der Waals surface area contributed by atoms with Crippen molar-refractivity contribution in [2.75, 3.05) is 14.2 Å². The molecule has 0 N–H and O–H groups in total. The second-order valence-corrected chi connectivity index (χ2v) is 6.65. The third-order valence-corrected chi connectivity index (χ3v) is 5.09. The average molecular weight is 318 g/mol. The Morgan fingerprint density at radius 3 is 2.26 bits per heavy atom. The van der Waals surface area contributed by atoms with Crippen LogP contribution in [-0.2, 0) is 25.5 Å². The molecule has 1 aliphatic carbocycles. The highest BCUT2D eigenvalue weighted by Gasteiger charge is 2.51. The molecule has 1 fully saturated rings. The summed E-state index contributed by atoms with van der Waals surface area (Å²) >= 11 is 0. The molecule has 0 heterocycles. The molecule has 23 heavy (non-hydrogen) atoms. The van der Waals surface area contributed by atoms with Gasteiger partial charge in [0, 0.05) is 13.5 Å². The van der Waals surface area contributed by atoms with E-state index in [2.05, 4.69) is 12.1 Å². The normalized spacial score (nSPS) is 23.8. The fourth-order valence-electron chi connectivity index (χ4n) is 3.77. The van der Waals surface area contributed by atoms with E-state index in [0.717, 1.165) is 16.7 Å². The lowest BCUT2D eigenvalue weighted by Crippen LogP contribution is -2.40. The number of rotatable bonds is 5. The molecule has 2 atom stereocenters. The zero-order chi connectivity index (χ0) is 17.2. The summed E-state index contributed by atoms with van der Waals surface area (Å²) in [6.45, 7) is 6.07. The maximum Gasteiger partial charge on any atom is 0.319 e. The molecule has 2 unspecified atom stereocenters. The molecule has 1 aromatic carbocycles. The number of benzene rings is 1. The van der Waals surface area contributed by atoms with Crippen molar-refractivity contribution in [2.45, 2.75) is 52.6 Å². The van der Waals surface area contributed by atoms with E-state index in [1.807, 2.05) is 20.8 Å². The first-order chi connectivity index (χ1) is 10.8. The van der Waals surface area contributed by atoms with Gasteiger partial charge < -0.3 is 9.47 Å². The summed E-state index contributed by atoms with van der Waals surface area (Å²) in [6, 6.07) is 4.15. The summed E-state index contributed by atoms with van der Waals surface area (Å²) in [6.07, 6.45) is 1.84. The van der Waals surface area contributed by atoms with Gasteiger partial charge in [0.2, 0.25) is 0 Å². The van der Waals surface area contributed by atoms with Crippen LogP contribution in [0.25, 0.3) is 0 Å². The van der Waals surface area contributed by atoms with Gasteiger partial charge in [-0.05, 0) is 56.7 Å². The van der Waals surface area contributed by atoms with Gasteiger partial charge in [0.05, 0.1) is 13.2 Å². The number of hydrogen-bond donors (Lipinski definition) is 0. The lowest BCUT2D eigenvalue weighted by Gasteiger charge is -2.25. The molecule has 0 spiro atoms. The number of esters is 1. The molecule has 4 heteroatoms. The van der Waals surface area contributed by atoms with E-state index >= 15 is 0 Å². The minimum atomic E-state index is -1.06. The van der Waals surface area contributed by atoms with Crippen LogP contribution in [0.5, 0.6) is 0 Å². The van der Waals surface area contributed by atoms with Crippen LogP contribution in [-0.4, -0.2) is 32.1 Å². The molecule has 2 rings (SSSR count). The first kappa shape index (κ1) is 17.7. The predicted octanol–water partition coefficient (Wildman–Crippen LogP) is 3.08. The molecule has 1 saturated carbocycles. The predicted molar refractivity (Wildman–Crippen MR) is 88.5 cm³/mol. The number of ether oxygens (including phenoxy) is 2. The number of methoxy groups -OCH3 is 2. The Morgan fingerprint density at radius 1 is 1.17 bits per heavy atom. The van der Waals surface area contributed by atoms with Crippen molar-refractivity contribution in [1.82, 2.24) is 0 Å². The maximum atomic E-state index is 13.0. The third kappa shape index (κ3) is 3.32.